The van der Waals surface area contributed by atoms with Crippen LogP contribution in [0.25, 0.3) is 0 Å². The summed E-state index contributed by atoms with van der Waals surface area (Å²) in [6.45, 7) is 4.50. The topological polar surface area (TPSA) is 67.8 Å². The summed E-state index contributed by atoms with van der Waals surface area (Å²) in [5, 5.41) is 12.5. The zero-order chi connectivity index (χ0) is 21.2. The van der Waals surface area contributed by atoms with Crippen LogP contribution < -0.4 is 5.32 Å². The van der Waals surface area contributed by atoms with Crippen molar-refractivity contribution in [3.05, 3.63) is 65.7 Å². The molecule has 0 spiro atoms. The molecule has 2 rings (SSSR count). The Balaban J connectivity index is 2.04. The van der Waals surface area contributed by atoms with Crippen molar-refractivity contribution in [3.63, 3.8) is 0 Å². The van der Waals surface area contributed by atoms with Crippen LogP contribution in [0, 0.1) is 11.8 Å². The summed E-state index contributed by atoms with van der Waals surface area (Å²) in [5.74, 6) is 0.0996. The third-order valence-electron chi connectivity index (χ3n) is 5.41. The fraction of sp³-hybridized carbons (Fsp3) is 0.458. The maximum absolute atomic E-state index is 12.3. The lowest BCUT2D eigenvalue weighted by molar-refractivity contribution is -0.132. The molecule has 5 heteroatoms. The summed E-state index contributed by atoms with van der Waals surface area (Å²) in [7, 11) is 3.33. The molecule has 0 fully saturated rings. The summed E-state index contributed by atoms with van der Waals surface area (Å²) in [5.41, 5.74) is 2.03. The Morgan fingerprint density at radius 3 is 2.41 bits per heavy atom. The molecule has 0 aromatic heterocycles. The van der Waals surface area contributed by atoms with E-state index in [0.29, 0.717) is 6.61 Å². The molecule has 0 aliphatic heterocycles. The summed E-state index contributed by atoms with van der Waals surface area (Å²) in [6.07, 6.45) is 1.27. The van der Waals surface area contributed by atoms with Gasteiger partial charge in [-0.1, -0.05) is 56.3 Å². The Bertz CT molecular complexity index is 750. The van der Waals surface area contributed by atoms with E-state index in [-0.39, 0.29) is 35.7 Å². The molecule has 0 radical (unpaired) electrons. The van der Waals surface area contributed by atoms with Gasteiger partial charge in [-0.05, 0) is 42.0 Å². The molecular weight excluding hydrogens is 366 g/mol. The molecular formula is C24H33NO4. The molecule has 0 saturated heterocycles. The Kier molecular flexibility index (Phi) is 9.16. The lowest BCUT2D eigenvalue weighted by atomic mass is 9.87. The van der Waals surface area contributed by atoms with Gasteiger partial charge in [-0.2, -0.15) is 0 Å². The molecule has 4 atom stereocenters. The van der Waals surface area contributed by atoms with Gasteiger partial charge in [-0.15, -0.1) is 0 Å². The summed E-state index contributed by atoms with van der Waals surface area (Å²) >= 11 is 0. The van der Waals surface area contributed by atoms with Gasteiger partial charge in [0.05, 0.1) is 24.7 Å². The van der Waals surface area contributed by atoms with Crippen LogP contribution >= 0.6 is 0 Å². The SMILES string of the molecule is CNC(=O)[C@H](C)[C@H](OCc1ccccc1)[C@@H](C)CC[C@H](OC)c1cccc(O)c1. The number of amides is 1. The van der Waals surface area contributed by atoms with Crippen LogP contribution in [0.1, 0.15) is 43.9 Å². The third kappa shape index (κ3) is 6.87. The van der Waals surface area contributed by atoms with Gasteiger partial charge < -0.3 is 19.9 Å². The van der Waals surface area contributed by atoms with E-state index in [2.05, 4.69) is 12.2 Å². The number of methoxy groups -OCH3 is 1. The van der Waals surface area contributed by atoms with Crippen molar-refractivity contribution in [3.8, 4) is 5.75 Å². The molecule has 5 nitrogen and oxygen atoms in total. The van der Waals surface area contributed by atoms with E-state index in [1.54, 1.807) is 26.3 Å². The number of hydrogen-bond acceptors (Lipinski definition) is 4. The summed E-state index contributed by atoms with van der Waals surface area (Å²) in [6, 6.07) is 17.1. The van der Waals surface area contributed by atoms with Crippen molar-refractivity contribution < 1.29 is 19.4 Å². The molecule has 0 bridgehead atoms. The van der Waals surface area contributed by atoms with Crippen molar-refractivity contribution in [1.29, 1.82) is 0 Å². The van der Waals surface area contributed by atoms with Crippen LogP contribution in [0.5, 0.6) is 5.75 Å². The van der Waals surface area contributed by atoms with Gasteiger partial charge in [0.1, 0.15) is 5.75 Å². The maximum Gasteiger partial charge on any atom is 0.225 e. The lowest BCUT2D eigenvalue weighted by Crippen LogP contribution is -2.39. The van der Waals surface area contributed by atoms with E-state index in [4.69, 9.17) is 9.47 Å². The van der Waals surface area contributed by atoms with Gasteiger partial charge in [0.2, 0.25) is 5.91 Å². The van der Waals surface area contributed by atoms with Gasteiger partial charge in [-0.25, -0.2) is 0 Å². The quantitative estimate of drug-likeness (QED) is 0.585. The molecule has 2 aromatic rings. The number of ether oxygens (including phenoxy) is 2. The standard InChI is InChI=1S/C24H33NO4/c1-17(13-14-22(28-4)20-11-8-12-21(26)15-20)23(18(2)24(27)25-3)29-16-19-9-6-5-7-10-19/h5-12,15,17-18,22-23,26H,13-14,16H2,1-4H3,(H,25,27)/t17-,18+,22-,23+/m0/s1. The van der Waals surface area contributed by atoms with Crippen molar-refractivity contribution in [2.24, 2.45) is 11.8 Å². The van der Waals surface area contributed by atoms with Gasteiger partial charge in [-0.3, -0.25) is 4.79 Å². The van der Waals surface area contributed by atoms with E-state index >= 15 is 0 Å². The largest absolute Gasteiger partial charge is 0.508 e. The summed E-state index contributed by atoms with van der Waals surface area (Å²) < 4.78 is 11.9. The monoisotopic (exact) mass is 399 g/mol. The van der Waals surface area contributed by atoms with E-state index in [1.807, 2.05) is 49.4 Å². The Morgan fingerprint density at radius 1 is 1.07 bits per heavy atom. The van der Waals surface area contributed by atoms with Crippen LogP contribution in [-0.2, 0) is 20.9 Å². The zero-order valence-electron chi connectivity index (χ0n) is 17.8. The smallest absolute Gasteiger partial charge is 0.225 e. The van der Waals surface area contributed by atoms with Gasteiger partial charge in [0.15, 0.2) is 0 Å². The average Bonchev–Trinajstić information content (AvgIpc) is 2.74. The Morgan fingerprint density at radius 2 is 1.79 bits per heavy atom. The predicted octanol–water partition coefficient (Wildman–Crippen LogP) is 4.46. The second kappa shape index (κ2) is 11.6. The van der Waals surface area contributed by atoms with E-state index in [1.165, 1.54) is 0 Å². The first kappa shape index (κ1) is 22.9. The van der Waals surface area contributed by atoms with E-state index in [9.17, 15) is 9.90 Å². The molecule has 2 aromatic carbocycles. The van der Waals surface area contributed by atoms with Crippen molar-refractivity contribution in [1.82, 2.24) is 5.32 Å². The second-order valence-electron chi connectivity index (χ2n) is 7.54. The number of rotatable bonds is 11. The van der Waals surface area contributed by atoms with Crippen LogP contribution in [0.3, 0.4) is 0 Å². The Labute approximate surface area is 174 Å². The highest BCUT2D eigenvalue weighted by Gasteiger charge is 2.29. The third-order valence-corrected chi connectivity index (χ3v) is 5.41. The van der Waals surface area contributed by atoms with Gasteiger partial charge in [0.25, 0.3) is 0 Å². The van der Waals surface area contributed by atoms with Crippen molar-refractivity contribution in [2.45, 2.75) is 45.5 Å². The molecule has 0 unspecified atom stereocenters. The van der Waals surface area contributed by atoms with Crippen LogP contribution in [0.15, 0.2) is 54.6 Å². The second-order valence-corrected chi connectivity index (χ2v) is 7.54. The van der Waals surface area contributed by atoms with E-state index < -0.39 is 0 Å². The van der Waals surface area contributed by atoms with Crippen LogP contribution in [0.2, 0.25) is 0 Å². The van der Waals surface area contributed by atoms with Crippen molar-refractivity contribution >= 4 is 5.91 Å². The van der Waals surface area contributed by atoms with Crippen LogP contribution in [0.4, 0.5) is 0 Å². The lowest BCUT2D eigenvalue weighted by Gasteiger charge is -2.30. The maximum atomic E-state index is 12.3. The Hall–Kier alpha value is -2.37. The normalized spacial score (nSPS) is 15.3. The minimum atomic E-state index is -0.263. The van der Waals surface area contributed by atoms with E-state index in [0.717, 1.165) is 24.0 Å². The first-order valence-electron chi connectivity index (χ1n) is 10.1. The molecule has 1 amide bonds. The summed E-state index contributed by atoms with van der Waals surface area (Å²) in [4.78, 5) is 12.3. The molecule has 0 heterocycles. The number of aromatic hydroxyl groups is 1. The molecule has 29 heavy (non-hydrogen) atoms. The highest BCUT2D eigenvalue weighted by molar-refractivity contribution is 5.78. The van der Waals surface area contributed by atoms with Crippen LogP contribution in [-0.4, -0.2) is 31.3 Å². The highest BCUT2D eigenvalue weighted by Crippen LogP contribution is 2.30. The van der Waals surface area contributed by atoms with Gasteiger partial charge >= 0.3 is 0 Å². The number of nitrogens with one attached hydrogen (secondary N) is 1. The number of hydrogen-bond donors (Lipinski definition) is 2. The number of phenolic OH excluding ortho intramolecular Hbond substituents is 1. The molecule has 0 saturated carbocycles. The highest BCUT2D eigenvalue weighted by atomic mass is 16.5. The minimum Gasteiger partial charge on any atom is -0.508 e. The minimum absolute atomic E-state index is 0.0221. The fourth-order valence-electron chi connectivity index (χ4n) is 3.67. The first-order chi connectivity index (χ1) is 14.0. The number of carbonyl (C=O) groups excluding carboxylic acids is 1. The average molecular weight is 400 g/mol. The molecule has 158 valence electrons. The molecule has 0 aliphatic rings. The first-order valence-corrected chi connectivity index (χ1v) is 10.1. The predicted molar refractivity (Wildman–Crippen MR) is 115 cm³/mol. The number of phenols is 1. The fourth-order valence-corrected chi connectivity index (χ4v) is 3.67. The zero-order valence-corrected chi connectivity index (χ0v) is 17.8. The number of carbonyl (C=O) groups is 1. The number of benzene rings is 2. The van der Waals surface area contributed by atoms with Gasteiger partial charge in [0, 0.05) is 14.2 Å². The molecule has 0 aliphatic carbocycles. The molecule has 2 N–H and O–H groups in total. The van der Waals surface area contributed by atoms with Crippen molar-refractivity contribution in [2.75, 3.05) is 14.2 Å².